The van der Waals surface area contributed by atoms with E-state index >= 15 is 0 Å². The zero-order valence-electron chi connectivity index (χ0n) is 10.1. The van der Waals surface area contributed by atoms with Gasteiger partial charge in [0.15, 0.2) is 0 Å². The van der Waals surface area contributed by atoms with Crippen molar-refractivity contribution in [2.45, 2.75) is 44.8 Å². The minimum absolute atomic E-state index is 0.0329. The third-order valence-corrected chi connectivity index (χ3v) is 3.04. The van der Waals surface area contributed by atoms with Crippen LogP contribution < -0.4 is 10.6 Å². The van der Waals surface area contributed by atoms with Gasteiger partial charge in [-0.05, 0) is 26.2 Å². The highest BCUT2D eigenvalue weighted by Crippen LogP contribution is 2.11. The van der Waals surface area contributed by atoms with Gasteiger partial charge in [0.05, 0.1) is 18.8 Å². The second-order valence-electron chi connectivity index (χ2n) is 4.51. The molecule has 1 aromatic rings. The lowest BCUT2D eigenvalue weighted by Gasteiger charge is -2.27. The van der Waals surface area contributed by atoms with Crippen LogP contribution in [0.4, 0.5) is 0 Å². The molecule has 2 rings (SSSR count). The van der Waals surface area contributed by atoms with Crippen molar-refractivity contribution in [1.82, 2.24) is 25.6 Å². The Bertz CT molecular complexity index is 351. The summed E-state index contributed by atoms with van der Waals surface area (Å²) in [5.41, 5.74) is 0. The van der Waals surface area contributed by atoms with Crippen LogP contribution in [0.3, 0.4) is 0 Å². The molecular formula is C11H19N5O. The first kappa shape index (κ1) is 12.0. The van der Waals surface area contributed by atoms with Crippen LogP contribution in [0.1, 0.15) is 26.2 Å². The quantitative estimate of drug-likeness (QED) is 0.768. The Morgan fingerprint density at radius 3 is 3.18 bits per heavy atom. The van der Waals surface area contributed by atoms with Gasteiger partial charge < -0.3 is 10.6 Å². The topological polar surface area (TPSA) is 71.8 Å². The Morgan fingerprint density at radius 1 is 1.59 bits per heavy atom. The van der Waals surface area contributed by atoms with Gasteiger partial charge in [0.2, 0.25) is 5.91 Å². The van der Waals surface area contributed by atoms with Crippen molar-refractivity contribution in [2.75, 3.05) is 6.54 Å². The zero-order valence-corrected chi connectivity index (χ0v) is 10.1. The van der Waals surface area contributed by atoms with Crippen LogP contribution in [0.2, 0.25) is 0 Å². The summed E-state index contributed by atoms with van der Waals surface area (Å²) >= 11 is 0. The first-order valence-corrected chi connectivity index (χ1v) is 6.13. The monoisotopic (exact) mass is 237 g/mol. The lowest BCUT2D eigenvalue weighted by Crippen LogP contribution is -2.50. The Hall–Kier alpha value is -1.43. The van der Waals surface area contributed by atoms with Gasteiger partial charge in [-0.15, -0.1) is 5.10 Å². The van der Waals surface area contributed by atoms with Crippen molar-refractivity contribution >= 4 is 5.91 Å². The molecule has 94 valence electrons. The van der Waals surface area contributed by atoms with Crippen LogP contribution in [-0.2, 0) is 11.3 Å². The first-order chi connectivity index (χ1) is 8.25. The number of nitrogens with zero attached hydrogens (tertiary/aromatic N) is 3. The number of amides is 1. The molecule has 17 heavy (non-hydrogen) atoms. The molecule has 0 radical (unpaired) electrons. The summed E-state index contributed by atoms with van der Waals surface area (Å²) in [4.78, 5) is 11.9. The van der Waals surface area contributed by atoms with Crippen molar-refractivity contribution < 1.29 is 4.79 Å². The smallest absolute Gasteiger partial charge is 0.237 e. The highest BCUT2D eigenvalue weighted by Gasteiger charge is 2.23. The third-order valence-electron chi connectivity index (χ3n) is 3.04. The fourth-order valence-corrected chi connectivity index (χ4v) is 2.11. The number of piperidine rings is 1. The molecule has 1 aliphatic rings. The summed E-state index contributed by atoms with van der Waals surface area (Å²) in [5, 5.41) is 13.8. The summed E-state index contributed by atoms with van der Waals surface area (Å²) in [5.74, 6) is 0.0941. The van der Waals surface area contributed by atoms with Gasteiger partial charge in [0.25, 0.3) is 0 Å². The van der Waals surface area contributed by atoms with Crippen LogP contribution in [0.5, 0.6) is 0 Å². The van der Waals surface area contributed by atoms with E-state index in [9.17, 15) is 4.79 Å². The van der Waals surface area contributed by atoms with Crippen molar-refractivity contribution in [3.8, 4) is 0 Å². The summed E-state index contributed by atoms with van der Waals surface area (Å²) in [6, 6.07) is 0.407. The molecule has 0 spiro atoms. The van der Waals surface area contributed by atoms with E-state index in [2.05, 4.69) is 27.9 Å². The average molecular weight is 237 g/mol. The summed E-state index contributed by atoms with van der Waals surface area (Å²) in [6.45, 7) is 3.37. The molecule has 2 unspecified atom stereocenters. The van der Waals surface area contributed by atoms with Crippen LogP contribution in [-0.4, -0.2) is 39.5 Å². The summed E-state index contributed by atoms with van der Waals surface area (Å²) < 4.78 is 1.71. The Balaban J connectivity index is 1.70. The largest absolute Gasteiger partial charge is 0.353 e. The maximum atomic E-state index is 11.9. The SMILES string of the molecule is CC1CCCC(C(=O)NCCn2ccnn2)N1. The molecule has 0 saturated carbocycles. The van der Waals surface area contributed by atoms with Gasteiger partial charge in [0.1, 0.15) is 0 Å². The Labute approximate surface area is 101 Å². The Kier molecular flexibility index (Phi) is 4.08. The van der Waals surface area contributed by atoms with Gasteiger partial charge in [-0.3, -0.25) is 9.48 Å². The van der Waals surface area contributed by atoms with Crippen LogP contribution in [0.25, 0.3) is 0 Å². The minimum Gasteiger partial charge on any atom is -0.353 e. The normalized spacial score (nSPS) is 24.5. The number of carbonyl (C=O) groups is 1. The molecule has 1 saturated heterocycles. The molecule has 1 amide bonds. The van der Waals surface area contributed by atoms with Gasteiger partial charge in [-0.1, -0.05) is 5.21 Å². The van der Waals surface area contributed by atoms with E-state index in [1.165, 1.54) is 0 Å². The minimum atomic E-state index is -0.0329. The molecule has 1 aliphatic heterocycles. The van der Waals surface area contributed by atoms with Gasteiger partial charge >= 0.3 is 0 Å². The molecule has 0 aliphatic carbocycles. The van der Waals surface area contributed by atoms with E-state index in [-0.39, 0.29) is 11.9 Å². The number of hydrogen-bond donors (Lipinski definition) is 2. The fourth-order valence-electron chi connectivity index (χ4n) is 2.11. The average Bonchev–Trinajstić information content (AvgIpc) is 2.82. The molecule has 2 N–H and O–H groups in total. The van der Waals surface area contributed by atoms with Crippen molar-refractivity contribution in [1.29, 1.82) is 0 Å². The van der Waals surface area contributed by atoms with Crippen LogP contribution in [0.15, 0.2) is 12.4 Å². The summed E-state index contributed by atoms with van der Waals surface area (Å²) in [7, 11) is 0. The number of rotatable bonds is 4. The number of carbonyl (C=O) groups excluding carboxylic acids is 1. The predicted molar refractivity (Wildman–Crippen MR) is 63.3 cm³/mol. The van der Waals surface area contributed by atoms with E-state index in [0.29, 0.717) is 19.1 Å². The van der Waals surface area contributed by atoms with E-state index in [4.69, 9.17) is 0 Å². The lowest BCUT2D eigenvalue weighted by molar-refractivity contribution is -0.124. The predicted octanol–water partition coefficient (Wildman–Crippen LogP) is -0.0751. The molecule has 0 bridgehead atoms. The van der Waals surface area contributed by atoms with Gasteiger partial charge in [-0.25, -0.2) is 0 Å². The highest BCUT2D eigenvalue weighted by atomic mass is 16.2. The zero-order chi connectivity index (χ0) is 12.1. The number of aromatic nitrogens is 3. The molecule has 2 atom stereocenters. The van der Waals surface area contributed by atoms with Crippen molar-refractivity contribution in [3.63, 3.8) is 0 Å². The molecule has 2 heterocycles. The van der Waals surface area contributed by atoms with Crippen LogP contribution >= 0.6 is 0 Å². The number of nitrogens with one attached hydrogen (secondary N) is 2. The van der Waals surface area contributed by atoms with E-state index < -0.39 is 0 Å². The lowest BCUT2D eigenvalue weighted by atomic mass is 9.99. The van der Waals surface area contributed by atoms with Gasteiger partial charge in [0, 0.05) is 18.8 Å². The molecule has 1 aromatic heterocycles. The molecular weight excluding hydrogens is 218 g/mol. The first-order valence-electron chi connectivity index (χ1n) is 6.13. The highest BCUT2D eigenvalue weighted by molar-refractivity contribution is 5.81. The van der Waals surface area contributed by atoms with Crippen molar-refractivity contribution in [2.24, 2.45) is 0 Å². The molecule has 0 aromatic carbocycles. The maximum Gasteiger partial charge on any atom is 0.237 e. The standard InChI is InChI=1S/C11H19N5O/c1-9-3-2-4-10(14-9)11(17)12-5-7-16-8-6-13-15-16/h6,8-10,14H,2-5,7H2,1H3,(H,12,17). The second kappa shape index (κ2) is 5.77. The molecule has 6 heteroatoms. The second-order valence-corrected chi connectivity index (χ2v) is 4.51. The Morgan fingerprint density at radius 2 is 2.47 bits per heavy atom. The van der Waals surface area contributed by atoms with E-state index in [1.54, 1.807) is 17.1 Å². The molecule has 1 fully saturated rings. The fraction of sp³-hybridized carbons (Fsp3) is 0.727. The summed E-state index contributed by atoms with van der Waals surface area (Å²) in [6.07, 6.45) is 6.62. The van der Waals surface area contributed by atoms with Crippen LogP contribution in [0, 0.1) is 0 Å². The maximum absolute atomic E-state index is 11.9. The van der Waals surface area contributed by atoms with E-state index in [1.807, 2.05) is 0 Å². The van der Waals surface area contributed by atoms with E-state index in [0.717, 1.165) is 19.3 Å². The van der Waals surface area contributed by atoms with Crippen molar-refractivity contribution in [3.05, 3.63) is 12.4 Å². The van der Waals surface area contributed by atoms with Gasteiger partial charge in [-0.2, -0.15) is 0 Å². The number of hydrogen-bond acceptors (Lipinski definition) is 4. The third kappa shape index (κ3) is 3.52. The molecule has 6 nitrogen and oxygen atoms in total.